The third-order valence-electron chi connectivity index (χ3n) is 3.06. The van der Waals surface area contributed by atoms with E-state index in [2.05, 4.69) is 15.3 Å². The SMILES string of the molecule is COc1ncnc(NCc2ccc3c(c2)OCO3)c1[N+](=O)[O-]. The third-order valence-corrected chi connectivity index (χ3v) is 3.06. The minimum absolute atomic E-state index is 0.0896. The Bertz CT molecular complexity index is 722. The van der Waals surface area contributed by atoms with E-state index in [9.17, 15) is 10.1 Å². The van der Waals surface area contributed by atoms with Crippen molar-refractivity contribution in [3.8, 4) is 17.4 Å². The number of nitrogens with zero attached hydrogens (tertiary/aromatic N) is 3. The highest BCUT2D eigenvalue weighted by Crippen LogP contribution is 2.34. The van der Waals surface area contributed by atoms with Crippen molar-refractivity contribution >= 4 is 11.5 Å². The lowest BCUT2D eigenvalue weighted by Gasteiger charge is -2.08. The number of rotatable bonds is 5. The molecular weight excluding hydrogens is 292 g/mol. The lowest BCUT2D eigenvalue weighted by Crippen LogP contribution is -2.07. The lowest BCUT2D eigenvalue weighted by atomic mass is 10.2. The number of anilines is 1. The van der Waals surface area contributed by atoms with E-state index in [1.54, 1.807) is 12.1 Å². The maximum absolute atomic E-state index is 11.1. The highest BCUT2D eigenvalue weighted by atomic mass is 16.7. The molecule has 0 aliphatic carbocycles. The first-order valence-electron chi connectivity index (χ1n) is 6.35. The van der Waals surface area contributed by atoms with Crippen LogP contribution in [0.25, 0.3) is 0 Å². The van der Waals surface area contributed by atoms with Gasteiger partial charge in [0.25, 0.3) is 5.88 Å². The van der Waals surface area contributed by atoms with Crippen LogP contribution in [-0.2, 0) is 6.54 Å². The molecule has 9 heteroatoms. The summed E-state index contributed by atoms with van der Waals surface area (Å²) in [4.78, 5) is 18.2. The van der Waals surface area contributed by atoms with Gasteiger partial charge in [-0.25, -0.2) is 4.98 Å². The first-order chi connectivity index (χ1) is 10.7. The summed E-state index contributed by atoms with van der Waals surface area (Å²) in [5.41, 5.74) is 0.571. The van der Waals surface area contributed by atoms with E-state index < -0.39 is 4.92 Å². The molecule has 1 N–H and O–H groups in total. The molecule has 0 saturated carbocycles. The number of aromatic nitrogens is 2. The molecule has 0 amide bonds. The highest BCUT2D eigenvalue weighted by molar-refractivity contribution is 5.61. The zero-order chi connectivity index (χ0) is 15.5. The van der Waals surface area contributed by atoms with Crippen LogP contribution in [0.5, 0.6) is 17.4 Å². The zero-order valence-corrected chi connectivity index (χ0v) is 11.6. The van der Waals surface area contributed by atoms with Gasteiger partial charge in [-0.1, -0.05) is 6.07 Å². The summed E-state index contributed by atoms with van der Waals surface area (Å²) >= 11 is 0. The number of fused-ring (bicyclic) bond motifs is 1. The second-order valence-electron chi connectivity index (χ2n) is 4.38. The van der Waals surface area contributed by atoms with Crippen LogP contribution in [0, 0.1) is 10.1 Å². The van der Waals surface area contributed by atoms with Gasteiger partial charge >= 0.3 is 5.69 Å². The van der Waals surface area contributed by atoms with Crippen LogP contribution in [0.3, 0.4) is 0 Å². The Morgan fingerprint density at radius 2 is 2.18 bits per heavy atom. The van der Waals surface area contributed by atoms with Crippen LogP contribution in [0.1, 0.15) is 5.56 Å². The van der Waals surface area contributed by atoms with Gasteiger partial charge in [-0.2, -0.15) is 4.98 Å². The maximum atomic E-state index is 11.1. The molecule has 0 fully saturated rings. The summed E-state index contributed by atoms with van der Waals surface area (Å²) in [6, 6.07) is 5.43. The van der Waals surface area contributed by atoms with Crippen molar-refractivity contribution in [2.24, 2.45) is 0 Å². The molecular formula is C13H12N4O5. The summed E-state index contributed by atoms with van der Waals surface area (Å²) in [7, 11) is 1.32. The van der Waals surface area contributed by atoms with Crippen LogP contribution >= 0.6 is 0 Å². The van der Waals surface area contributed by atoms with Gasteiger partial charge in [-0.05, 0) is 17.7 Å². The Balaban J connectivity index is 1.80. The van der Waals surface area contributed by atoms with Crippen molar-refractivity contribution in [3.05, 3.63) is 40.2 Å². The van der Waals surface area contributed by atoms with Gasteiger partial charge < -0.3 is 19.5 Å². The molecule has 1 aromatic carbocycles. The van der Waals surface area contributed by atoms with Crippen molar-refractivity contribution < 1.29 is 19.1 Å². The van der Waals surface area contributed by atoms with Crippen LogP contribution in [0.2, 0.25) is 0 Å². The molecule has 2 heterocycles. The number of hydrogen-bond acceptors (Lipinski definition) is 8. The van der Waals surface area contributed by atoms with Crippen molar-refractivity contribution in [2.45, 2.75) is 6.54 Å². The Morgan fingerprint density at radius 3 is 2.95 bits per heavy atom. The van der Waals surface area contributed by atoms with E-state index in [1.165, 1.54) is 13.4 Å². The molecule has 1 aliphatic rings. The van der Waals surface area contributed by atoms with Crippen LogP contribution in [0.15, 0.2) is 24.5 Å². The average molecular weight is 304 g/mol. The van der Waals surface area contributed by atoms with Gasteiger partial charge in [0.1, 0.15) is 6.33 Å². The van der Waals surface area contributed by atoms with E-state index in [-0.39, 0.29) is 24.2 Å². The molecule has 0 unspecified atom stereocenters. The number of hydrogen-bond donors (Lipinski definition) is 1. The average Bonchev–Trinajstić information content (AvgIpc) is 2.99. The fourth-order valence-electron chi connectivity index (χ4n) is 2.04. The molecule has 3 rings (SSSR count). The van der Waals surface area contributed by atoms with E-state index in [4.69, 9.17) is 14.2 Å². The molecule has 9 nitrogen and oxygen atoms in total. The monoisotopic (exact) mass is 304 g/mol. The quantitative estimate of drug-likeness (QED) is 0.657. The molecule has 0 atom stereocenters. The first-order valence-corrected chi connectivity index (χ1v) is 6.35. The molecule has 0 radical (unpaired) electrons. The normalized spacial score (nSPS) is 12.0. The summed E-state index contributed by atoms with van der Waals surface area (Å²) in [5.74, 6) is 1.33. The fraction of sp³-hybridized carbons (Fsp3) is 0.231. The number of ether oxygens (including phenoxy) is 3. The Morgan fingerprint density at radius 1 is 1.36 bits per heavy atom. The van der Waals surface area contributed by atoms with Gasteiger partial charge in [0.2, 0.25) is 12.6 Å². The second-order valence-corrected chi connectivity index (χ2v) is 4.38. The standard InChI is InChI=1S/C13H12N4O5/c1-20-13-11(17(18)19)12(15-6-16-13)14-5-8-2-3-9-10(4-8)22-7-21-9/h2-4,6H,5,7H2,1H3,(H,14,15,16). The van der Waals surface area contributed by atoms with Crippen LogP contribution in [0.4, 0.5) is 11.5 Å². The van der Waals surface area contributed by atoms with Crippen molar-refractivity contribution in [3.63, 3.8) is 0 Å². The summed E-state index contributed by atoms with van der Waals surface area (Å²) in [5, 5.41) is 14.0. The largest absolute Gasteiger partial charge is 0.476 e. The molecule has 0 spiro atoms. The van der Waals surface area contributed by atoms with Crippen LogP contribution < -0.4 is 19.5 Å². The molecule has 22 heavy (non-hydrogen) atoms. The van der Waals surface area contributed by atoms with Crippen LogP contribution in [-0.4, -0.2) is 28.8 Å². The first kappa shape index (κ1) is 13.9. The Labute approximate surface area is 125 Å². The number of nitro groups is 1. The molecule has 1 aromatic heterocycles. The highest BCUT2D eigenvalue weighted by Gasteiger charge is 2.23. The van der Waals surface area contributed by atoms with Crippen molar-refractivity contribution in [1.29, 1.82) is 0 Å². The molecule has 0 saturated heterocycles. The van der Waals surface area contributed by atoms with Gasteiger partial charge in [0, 0.05) is 6.54 Å². The predicted octanol–water partition coefficient (Wildman–Crippen LogP) is 1.73. The van der Waals surface area contributed by atoms with E-state index in [0.717, 1.165) is 5.56 Å². The minimum atomic E-state index is -0.583. The molecule has 114 valence electrons. The maximum Gasteiger partial charge on any atom is 0.372 e. The zero-order valence-electron chi connectivity index (χ0n) is 11.6. The topological polar surface area (TPSA) is 109 Å². The fourth-order valence-corrected chi connectivity index (χ4v) is 2.04. The molecule has 1 aliphatic heterocycles. The lowest BCUT2D eigenvalue weighted by molar-refractivity contribution is -0.385. The Kier molecular flexibility index (Phi) is 3.60. The van der Waals surface area contributed by atoms with Gasteiger partial charge in [-0.3, -0.25) is 10.1 Å². The smallest absolute Gasteiger partial charge is 0.372 e. The van der Waals surface area contributed by atoms with E-state index >= 15 is 0 Å². The summed E-state index contributed by atoms with van der Waals surface area (Å²) < 4.78 is 15.4. The van der Waals surface area contributed by atoms with Crippen molar-refractivity contribution in [2.75, 3.05) is 19.2 Å². The summed E-state index contributed by atoms with van der Waals surface area (Å²) in [6.45, 7) is 0.526. The Hall–Kier alpha value is -3.10. The predicted molar refractivity (Wildman–Crippen MR) is 75.1 cm³/mol. The second kappa shape index (κ2) is 5.72. The molecule has 2 aromatic rings. The van der Waals surface area contributed by atoms with Gasteiger partial charge in [0.05, 0.1) is 12.0 Å². The van der Waals surface area contributed by atoms with Crippen molar-refractivity contribution in [1.82, 2.24) is 9.97 Å². The third kappa shape index (κ3) is 2.55. The minimum Gasteiger partial charge on any atom is -0.476 e. The summed E-state index contributed by atoms with van der Waals surface area (Å²) in [6.07, 6.45) is 1.20. The number of methoxy groups -OCH3 is 1. The van der Waals surface area contributed by atoms with Gasteiger partial charge in [0.15, 0.2) is 11.5 Å². The van der Waals surface area contributed by atoms with Gasteiger partial charge in [-0.15, -0.1) is 0 Å². The molecule has 0 bridgehead atoms. The van der Waals surface area contributed by atoms with E-state index in [0.29, 0.717) is 18.0 Å². The van der Waals surface area contributed by atoms with E-state index in [1.807, 2.05) is 6.07 Å². The number of nitrogens with one attached hydrogen (secondary N) is 1. The number of benzene rings is 1.